The van der Waals surface area contributed by atoms with Gasteiger partial charge in [-0.1, -0.05) is 50.6 Å². The van der Waals surface area contributed by atoms with Crippen LogP contribution in [-0.2, 0) is 9.53 Å². The van der Waals surface area contributed by atoms with Crippen molar-refractivity contribution >= 4 is 23.6 Å². The Bertz CT molecular complexity index is 653. The third kappa shape index (κ3) is 8.01. The fourth-order valence-electron chi connectivity index (χ4n) is 2.32. The van der Waals surface area contributed by atoms with Crippen molar-refractivity contribution in [3.63, 3.8) is 0 Å². The first-order valence-electron chi connectivity index (χ1n) is 9.09. The lowest BCUT2D eigenvalue weighted by molar-refractivity contribution is -0.129. The van der Waals surface area contributed by atoms with Crippen molar-refractivity contribution in [2.45, 2.75) is 59.1 Å². The van der Waals surface area contributed by atoms with Crippen LogP contribution >= 0.6 is 11.6 Å². The van der Waals surface area contributed by atoms with E-state index >= 15 is 0 Å². The molecule has 2 rings (SSSR count). The molecule has 1 unspecified atom stereocenters. The highest BCUT2D eigenvalue weighted by molar-refractivity contribution is 6.30. The minimum absolute atomic E-state index is 0.0144. The SMILES string of the molecule is C=C(NC(=O)OC(C)(C)C)C(=O)N1CCC(c2ccc(Cl)cc2)N1.CCC. The lowest BCUT2D eigenvalue weighted by atomic mass is 10.1. The molecule has 0 saturated carbocycles. The Kier molecular flexibility index (Phi) is 8.79. The molecule has 2 N–H and O–H groups in total. The fraction of sp³-hybridized carbons (Fsp3) is 0.500. The molecule has 1 aliphatic rings. The van der Waals surface area contributed by atoms with E-state index in [9.17, 15) is 9.59 Å². The highest BCUT2D eigenvalue weighted by Crippen LogP contribution is 2.24. The van der Waals surface area contributed by atoms with Crippen LogP contribution in [0.2, 0.25) is 5.02 Å². The second-order valence-corrected chi connectivity index (χ2v) is 7.73. The van der Waals surface area contributed by atoms with E-state index in [1.165, 1.54) is 11.4 Å². The van der Waals surface area contributed by atoms with Gasteiger partial charge in [0.15, 0.2) is 0 Å². The lowest BCUT2D eigenvalue weighted by Crippen LogP contribution is -2.43. The van der Waals surface area contributed by atoms with Crippen molar-refractivity contribution in [1.29, 1.82) is 0 Å². The van der Waals surface area contributed by atoms with E-state index in [2.05, 4.69) is 31.2 Å². The molecule has 2 amide bonds. The molecule has 27 heavy (non-hydrogen) atoms. The second-order valence-electron chi connectivity index (χ2n) is 7.29. The Hall–Kier alpha value is -2.05. The summed E-state index contributed by atoms with van der Waals surface area (Å²) in [6.07, 6.45) is 1.31. The van der Waals surface area contributed by atoms with Crippen LogP contribution in [0, 0.1) is 0 Å². The highest BCUT2D eigenvalue weighted by atomic mass is 35.5. The van der Waals surface area contributed by atoms with Gasteiger partial charge in [-0.15, -0.1) is 0 Å². The minimum atomic E-state index is -0.700. The number of amides is 2. The van der Waals surface area contributed by atoms with Crippen molar-refractivity contribution in [1.82, 2.24) is 15.8 Å². The molecule has 150 valence electrons. The number of nitrogens with zero attached hydrogens (tertiary/aromatic N) is 1. The summed E-state index contributed by atoms with van der Waals surface area (Å²) in [7, 11) is 0. The highest BCUT2D eigenvalue weighted by Gasteiger charge is 2.29. The van der Waals surface area contributed by atoms with Gasteiger partial charge in [-0.3, -0.25) is 15.1 Å². The first kappa shape index (κ1) is 23.0. The summed E-state index contributed by atoms with van der Waals surface area (Å²) in [6, 6.07) is 7.47. The molecule has 0 aromatic heterocycles. The van der Waals surface area contributed by atoms with Crippen LogP contribution < -0.4 is 10.7 Å². The van der Waals surface area contributed by atoms with Crippen molar-refractivity contribution in [3.8, 4) is 0 Å². The standard InChI is InChI=1S/C17H22ClN3O3.C3H8/c1-11(19-16(23)24-17(2,3)4)15(22)21-10-9-14(20-21)12-5-7-13(18)8-6-12;1-3-2/h5-8,14,20H,1,9-10H2,2-4H3,(H,19,23);3H2,1-2H3. The minimum Gasteiger partial charge on any atom is -0.444 e. The first-order valence-corrected chi connectivity index (χ1v) is 9.47. The smallest absolute Gasteiger partial charge is 0.412 e. The molecule has 0 spiro atoms. The Morgan fingerprint density at radius 2 is 1.85 bits per heavy atom. The summed E-state index contributed by atoms with van der Waals surface area (Å²) in [5.41, 5.74) is 3.48. The van der Waals surface area contributed by atoms with Crippen LogP contribution in [-0.4, -0.2) is 29.2 Å². The molecule has 1 heterocycles. The number of hydrogen-bond acceptors (Lipinski definition) is 4. The average Bonchev–Trinajstić information content (AvgIpc) is 3.03. The number of carbonyl (C=O) groups is 2. The van der Waals surface area contributed by atoms with Gasteiger partial charge < -0.3 is 4.74 Å². The predicted octanol–water partition coefficient (Wildman–Crippen LogP) is 4.57. The van der Waals surface area contributed by atoms with Gasteiger partial charge in [0.1, 0.15) is 11.3 Å². The number of halogens is 1. The maximum Gasteiger partial charge on any atom is 0.412 e. The zero-order valence-electron chi connectivity index (χ0n) is 16.8. The number of alkyl carbamates (subject to hydrolysis) is 1. The van der Waals surface area contributed by atoms with E-state index in [0.717, 1.165) is 12.0 Å². The fourth-order valence-corrected chi connectivity index (χ4v) is 2.44. The molecule has 0 bridgehead atoms. The van der Waals surface area contributed by atoms with Gasteiger partial charge in [0, 0.05) is 11.6 Å². The molecule has 1 aromatic rings. The molecule has 1 fully saturated rings. The maximum absolute atomic E-state index is 12.3. The summed E-state index contributed by atoms with van der Waals surface area (Å²) in [5.74, 6) is -0.391. The van der Waals surface area contributed by atoms with Gasteiger partial charge in [0.25, 0.3) is 5.91 Å². The third-order valence-electron chi connectivity index (χ3n) is 3.38. The number of nitrogens with one attached hydrogen (secondary N) is 2. The van der Waals surface area contributed by atoms with Crippen molar-refractivity contribution in [2.75, 3.05) is 6.54 Å². The van der Waals surface area contributed by atoms with E-state index in [0.29, 0.717) is 11.6 Å². The summed E-state index contributed by atoms with van der Waals surface area (Å²) >= 11 is 5.88. The molecule has 1 aliphatic heterocycles. The zero-order valence-corrected chi connectivity index (χ0v) is 17.5. The Labute approximate surface area is 166 Å². The molecule has 1 saturated heterocycles. The van der Waals surface area contributed by atoms with Crippen molar-refractivity contribution < 1.29 is 14.3 Å². The number of ether oxygens (including phenoxy) is 1. The van der Waals surface area contributed by atoms with Crippen molar-refractivity contribution in [2.24, 2.45) is 0 Å². The number of hydrazine groups is 1. The lowest BCUT2D eigenvalue weighted by Gasteiger charge is -2.22. The number of hydrogen-bond donors (Lipinski definition) is 2. The number of benzene rings is 1. The summed E-state index contributed by atoms with van der Waals surface area (Å²) < 4.78 is 5.11. The molecule has 1 atom stereocenters. The van der Waals surface area contributed by atoms with Gasteiger partial charge in [0.05, 0.1) is 6.04 Å². The van der Waals surface area contributed by atoms with Gasteiger partial charge in [-0.05, 0) is 44.9 Å². The first-order chi connectivity index (χ1) is 12.6. The van der Waals surface area contributed by atoms with Crippen LogP contribution in [0.25, 0.3) is 0 Å². The van der Waals surface area contributed by atoms with Crippen LogP contribution in [0.3, 0.4) is 0 Å². The summed E-state index contributed by atoms with van der Waals surface area (Å²) in [6.45, 7) is 13.6. The van der Waals surface area contributed by atoms with E-state index in [1.807, 2.05) is 24.3 Å². The quantitative estimate of drug-likeness (QED) is 0.735. The van der Waals surface area contributed by atoms with E-state index in [4.69, 9.17) is 16.3 Å². The molecule has 0 aliphatic carbocycles. The van der Waals surface area contributed by atoms with Gasteiger partial charge >= 0.3 is 6.09 Å². The molecule has 1 aromatic carbocycles. The Morgan fingerprint density at radius 3 is 2.37 bits per heavy atom. The normalized spacial score (nSPS) is 16.2. The maximum atomic E-state index is 12.3. The molecule has 7 heteroatoms. The van der Waals surface area contributed by atoms with Gasteiger partial charge in [-0.25, -0.2) is 10.2 Å². The monoisotopic (exact) mass is 395 g/mol. The topological polar surface area (TPSA) is 70.7 Å². The average molecular weight is 396 g/mol. The molecular formula is C20H30ClN3O3. The van der Waals surface area contributed by atoms with Crippen LogP contribution in [0.15, 0.2) is 36.5 Å². The third-order valence-corrected chi connectivity index (χ3v) is 3.63. The number of carbonyl (C=O) groups excluding carboxylic acids is 2. The molecule has 6 nitrogen and oxygen atoms in total. The van der Waals surface area contributed by atoms with Crippen LogP contribution in [0.1, 0.15) is 59.1 Å². The van der Waals surface area contributed by atoms with Gasteiger partial charge in [0.2, 0.25) is 0 Å². The molecular weight excluding hydrogens is 366 g/mol. The number of rotatable bonds is 3. The van der Waals surface area contributed by atoms with E-state index in [1.54, 1.807) is 20.8 Å². The van der Waals surface area contributed by atoms with E-state index in [-0.39, 0.29) is 11.7 Å². The Morgan fingerprint density at radius 1 is 1.30 bits per heavy atom. The largest absolute Gasteiger partial charge is 0.444 e. The van der Waals surface area contributed by atoms with Crippen LogP contribution in [0.5, 0.6) is 0 Å². The summed E-state index contributed by atoms with van der Waals surface area (Å²) in [4.78, 5) is 24.1. The van der Waals surface area contributed by atoms with E-state index < -0.39 is 17.6 Å². The Balaban J connectivity index is 0.00000114. The second kappa shape index (κ2) is 10.3. The zero-order chi connectivity index (χ0) is 20.6. The van der Waals surface area contributed by atoms with Crippen LogP contribution in [0.4, 0.5) is 4.79 Å². The van der Waals surface area contributed by atoms with Gasteiger partial charge in [-0.2, -0.15) is 0 Å². The van der Waals surface area contributed by atoms with Crippen molar-refractivity contribution in [3.05, 3.63) is 47.1 Å². The summed E-state index contributed by atoms with van der Waals surface area (Å²) in [5, 5.41) is 4.48. The molecule has 0 radical (unpaired) electrons. The predicted molar refractivity (Wildman–Crippen MR) is 108 cm³/mol.